The van der Waals surface area contributed by atoms with Crippen molar-refractivity contribution >= 4 is 23.5 Å². The number of nitrogens with zero attached hydrogens (tertiary/aromatic N) is 1. The molecule has 1 heterocycles. The van der Waals surface area contributed by atoms with E-state index in [1.807, 2.05) is 18.2 Å². The monoisotopic (exact) mass is 401 g/mol. The van der Waals surface area contributed by atoms with Crippen molar-refractivity contribution in [1.82, 2.24) is 4.90 Å². The summed E-state index contributed by atoms with van der Waals surface area (Å²) >= 11 is 6.11. The van der Waals surface area contributed by atoms with Gasteiger partial charge in [-0.1, -0.05) is 18.5 Å². The third-order valence-corrected chi connectivity index (χ3v) is 4.33. The minimum absolute atomic E-state index is 0.332. The van der Waals surface area contributed by atoms with Crippen LogP contribution in [0, 0.1) is 0 Å². The summed E-state index contributed by atoms with van der Waals surface area (Å²) in [5, 5.41) is 15.6. The predicted octanol–water partition coefficient (Wildman–Crippen LogP) is 2.94. The first-order valence-corrected chi connectivity index (χ1v) is 9.36. The van der Waals surface area contributed by atoms with Gasteiger partial charge in [-0.05, 0) is 50.5 Å². The smallest absolute Gasteiger partial charge is 0.414 e. The number of hydrogen-bond acceptors (Lipinski definition) is 5. The van der Waals surface area contributed by atoms with Gasteiger partial charge in [0.05, 0.1) is 18.8 Å². The summed E-state index contributed by atoms with van der Waals surface area (Å²) < 4.78 is 11.6. The van der Waals surface area contributed by atoms with Gasteiger partial charge in [0.25, 0.3) is 0 Å². The summed E-state index contributed by atoms with van der Waals surface area (Å²) in [6.07, 6.45) is 2.62. The van der Waals surface area contributed by atoms with Crippen LogP contribution >= 0.6 is 11.6 Å². The maximum atomic E-state index is 9.10. The lowest BCUT2D eigenvalue weighted by Crippen LogP contribution is -2.45. The van der Waals surface area contributed by atoms with Gasteiger partial charge in [-0.3, -0.25) is 4.90 Å². The fourth-order valence-electron chi connectivity index (χ4n) is 2.86. The third-order valence-electron chi connectivity index (χ3n) is 3.96. The molecular formula is C19H28ClNO6. The number of hydrogen-bond donors (Lipinski definition) is 2. The van der Waals surface area contributed by atoms with E-state index in [-0.39, 0.29) is 0 Å². The van der Waals surface area contributed by atoms with Gasteiger partial charge >= 0.3 is 11.9 Å². The molecule has 1 fully saturated rings. The van der Waals surface area contributed by atoms with Crippen LogP contribution in [0.15, 0.2) is 18.2 Å². The molecule has 1 aromatic rings. The van der Waals surface area contributed by atoms with Crippen LogP contribution in [-0.4, -0.2) is 65.5 Å². The van der Waals surface area contributed by atoms with Crippen molar-refractivity contribution in [3.63, 3.8) is 0 Å². The van der Waals surface area contributed by atoms with E-state index in [1.54, 1.807) is 0 Å². The maximum Gasteiger partial charge on any atom is 0.414 e. The van der Waals surface area contributed by atoms with Gasteiger partial charge in [0.2, 0.25) is 0 Å². The molecule has 0 spiro atoms. The van der Waals surface area contributed by atoms with Gasteiger partial charge in [0.15, 0.2) is 0 Å². The van der Waals surface area contributed by atoms with Crippen LogP contribution in [-0.2, 0) is 20.7 Å². The lowest BCUT2D eigenvalue weighted by Gasteiger charge is -2.35. The number of ether oxygens (including phenoxy) is 2. The third kappa shape index (κ3) is 9.08. The molecule has 152 valence electrons. The average molecular weight is 402 g/mol. The predicted molar refractivity (Wildman–Crippen MR) is 103 cm³/mol. The number of carbonyl (C=O) groups is 2. The summed E-state index contributed by atoms with van der Waals surface area (Å²) in [4.78, 5) is 20.7. The highest BCUT2D eigenvalue weighted by Gasteiger charge is 2.21. The van der Waals surface area contributed by atoms with Crippen LogP contribution in [0.25, 0.3) is 0 Å². The van der Waals surface area contributed by atoms with Crippen LogP contribution in [0.4, 0.5) is 0 Å². The molecule has 2 N–H and O–H groups in total. The summed E-state index contributed by atoms with van der Waals surface area (Å²) in [7, 11) is 0. The van der Waals surface area contributed by atoms with E-state index < -0.39 is 11.9 Å². The minimum atomic E-state index is -1.82. The fraction of sp³-hybridized carbons (Fsp3) is 0.579. The van der Waals surface area contributed by atoms with Crippen LogP contribution in [0.2, 0.25) is 5.02 Å². The Morgan fingerprint density at radius 3 is 2.33 bits per heavy atom. The molecule has 0 bridgehead atoms. The van der Waals surface area contributed by atoms with E-state index >= 15 is 0 Å². The van der Waals surface area contributed by atoms with E-state index in [1.165, 1.54) is 0 Å². The second-order valence-corrected chi connectivity index (χ2v) is 6.84. The van der Waals surface area contributed by atoms with Crippen molar-refractivity contribution in [2.24, 2.45) is 0 Å². The van der Waals surface area contributed by atoms with Crippen LogP contribution in [0.5, 0.6) is 5.75 Å². The van der Waals surface area contributed by atoms with E-state index in [0.717, 1.165) is 55.4 Å². The highest BCUT2D eigenvalue weighted by atomic mass is 35.5. The van der Waals surface area contributed by atoms with Gasteiger partial charge in [-0.2, -0.15) is 0 Å². The highest BCUT2D eigenvalue weighted by molar-refractivity contribution is 6.31. The van der Waals surface area contributed by atoms with Gasteiger partial charge in [-0.25, -0.2) is 9.59 Å². The molecule has 0 radical (unpaired) electrons. The van der Waals surface area contributed by atoms with Crippen molar-refractivity contribution in [2.75, 3.05) is 26.2 Å². The molecule has 27 heavy (non-hydrogen) atoms. The number of halogens is 1. The molecule has 0 saturated carbocycles. The second kappa shape index (κ2) is 11.8. The fourth-order valence-corrected chi connectivity index (χ4v) is 3.11. The number of carboxylic acids is 2. The molecule has 0 amide bonds. The molecular weight excluding hydrogens is 374 g/mol. The first kappa shape index (κ1) is 23.2. The van der Waals surface area contributed by atoms with Crippen LogP contribution in [0.1, 0.15) is 32.8 Å². The lowest BCUT2D eigenvalue weighted by atomic mass is 10.1. The number of carboxylic acid groups (broad SMARTS) is 2. The molecule has 2 unspecified atom stereocenters. The molecule has 0 aliphatic carbocycles. The molecule has 1 aliphatic rings. The SMILES string of the molecule is CCc1cc(OCCCN2CC(C)OC(C)C2)ccc1Cl.O=C(O)C(=O)O. The Balaban J connectivity index is 0.000000527. The van der Waals surface area contributed by atoms with Crippen molar-refractivity contribution in [3.05, 3.63) is 28.8 Å². The van der Waals surface area contributed by atoms with E-state index in [0.29, 0.717) is 12.2 Å². The quantitative estimate of drug-likeness (QED) is 0.558. The zero-order valence-corrected chi connectivity index (χ0v) is 16.7. The van der Waals surface area contributed by atoms with Crippen molar-refractivity contribution in [1.29, 1.82) is 0 Å². The molecule has 1 saturated heterocycles. The molecule has 2 rings (SSSR count). The first-order valence-electron chi connectivity index (χ1n) is 8.98. The van der Waals surface area contributed by atoms with E-state index in [4.69, 9.17) is 40.9 Å². The van der Waals surface area contributed by atoms with Crippen LogP contribution < -0.4 is 4.74 Å². The Hall–Kier alpha value is -1.83. The minimum Gasteiger partial charge on any atom is -0.494 e. The van der Waals surface area contributed by atoms with E-state index in [2.05, 4.69) is 25.7 Å². The number of aryl methyl sites for hydroxylation is 1. The van der Waals surface area contributed by atoms with Gasteiger partial charge in [-0.15, -0.1) is 0 Å². The maximum absolute atomic E-state index is 9.10. The zero-order chi connectivity index (χ0) is 20.4. The largest absolute Gasteiger partial charge is 0.494 e. The summed E-state index contributed by atoms with van der Waals surface area (Å²) in [5.41, 5.74) is 1.14. The molecule has 2 atom stereocenters. The Bertz CT molecular complexity index is 602. The Labute approximate surface area is 164 Å². The number of benzene rings is 1. The van der Waals surface area contributed by atoms with Gasteiger partial charge in [0.1, 0.15) is 5.75 Å². The average Bonchev–Trinajstić information content (AvgIpc) is 2.59. The van der Waals surface area contributed by atoms with Crippen LogP contribution in [0.3, 0.4) is 0 Å². The molecule has 1 aliphatic heterocycles. The Morgan fingerprint density at radius 1 is 1.22 bits per heavy atom. The summed E-state index contributed by atoms with van der Waals surface area (Å²) in [6.45, 7) is 10.2. The van der Waals surface area contributed by atoms with E-state index in [9.17, 15) is 0 Å². The summed E-state index contributed by atoms with van der Waals surface area (Å²) in [6, 6.07) is 5.91. The summed E-state index contributed by atoms with van der Waals surface area (Å²) in [5.74, 6) is -2.73. The number of rotatable bonds is 6. The standard InChI is InChI=1S/C17H26ClNO2.C2H2O4/c1-4-15-10-16(6-7-17(15)18)20-9-5-8-19-11-13(2)21-14(3)12-19;3-1(4)2(5)6/h6-7,10,13-14H,4-5,8-9,11-12H2,1-3H3;(H,3,4)(H,5,6). The molecule has 0 aromatic heterocycles. The highest BCUT2D eigenvalue weighted by Crippen LogP contribution is 2.22. The van der Waals surface area contributed by atoms with Crippen molar-refractivity contribution in [3.8, 4) is 5.75 Å². The number of aliphatic carboxylic acids is 2. The number of morpholine rings is 1. The normalized spacial score (nSPS) is 19.7. The lowest BCUT2D eigenvalue weighted by molar-refractivity contribution is -0.159. The second-order valence-electron chi connectivity index (χ2n) is 6.44. The zero-order valence-electron chi connectivity index (χ0n) is 16.0. The molecule has 7 nitrogen and oxygen atoms in total. The topological polar surface area (TPSA) is 96.3 Å². The Kier molecular flexibility index (Phi) is 10.1. The van der Waals surface area contributed by atoms with Crippen molar-refractivity contribution in [2.45, 2.75) is 45.8 Å². The van der Waals surface area contributed by atoms with Crippen molar-refractivity contribution < 1.29 is 29.3 Å². The molecule has 8 heteroatoms. The molecule has 1 aromatic carbocycles. The van der Waals surface area contributed by atoms with Gasteiger partial charge in [0, 0.05) is 24.7 Å². The van der Waals surface area contributed by atoms with Gasteiger partial charge < -0.3 is 19.7 Å². The first-order chi connectivity index (χ1) is 12.7. The Morgan fingerprint density at radius 2 is 1.81 bits per heavy atom.